The molecule has 3 unspecified atom stereocenters. The summed E-state index contributed by atoms with van der Waals surface area (Å²) in [6, 6.07) is 1.73. The highest BCUT2D eigenvalue weighted by molar-refractivity contribution is 7.91. The molecule has 1 saturated heterocycles. The maximum Gasteiger partial charge on any atom is 0.287 e. The molecule has 194 valence electrons. The van der Waals surface area contributed by atoms with Crippen LogP contribution in [-0.2, 0) is 42.7 Å². The van der Waals surface area contributed by atoms with Crippen LogP contribution in [0.15, 0.2) is 31.5 Å². The van der Waals surface area contributed by atoms with Crippen LogP contribution in [0.4, 0.5) is 5.00 Å². The number of likely N-dealkylation sites (tertiary alicyclic amines) is 1. The first-order chi connectivity index (χ1) is 17.0. The van der Waals surface area contributed by atoms with Crippen molar-refractivity contribution in [2.24, 2.45) is 16.2 Å². The minimum absolute atomic E-state index is 0.134. The molecule has 0 spiro atoms. The van der Waals surface area contributed by atoms with Crippen molar-refractivity contribution >= 4 is 65.2 Å². The van der Waals surface area contributed by atoms with Crippen molar-refractivity contribution in [2.45, 2.75) is 56.1 Å². The maximum atomic E-state index is 13.8. The smallest absolute Gasteiger partial charge is 0.287 e. The number of carbonyl (C=O) groups is 2. The topological polar surface area (TPSA) is 142 Å². The number of hydrogen-bond donors (Lipinski definition) is 2. The summed E-state index contributed by atoms with van der Waals surface area (Å²) >= 11 is 2.60. The zero-order valence-electron chi connectivity index (χ0n) is 19.5. The number of thiophene rings is 2. The number of amides is 1. The molecule has 2 aromatic rings. The first-order valence-electron chi connectivity index (χ1n) is 11.6. The molecule has 36 heavy (non-hydrogen) atoms. The molecule has 5 rings (SSSR count). The minimum Gasteiger partial charge on any atom is -0.334 e. The maximum absolute atomic E-state index is 13.8. The molecular weight excluding hydrogens is 545 g/mol. The van der Waals surface area contributed by atoms with E-state index in [0.717, 1.165) is 48.8 Å². The summed E-state index contributed by atoms with van der Waals surface area (Å²) in [5.74, 6) is -2.60. The van der Waals surface area contributed by atoms with Gasteiger partial charge in [0.25, 0.3) is 10.0 Å². The van der Waals surface area contributed by atoms with Gasteiger partial charge < -0.3 is 10.2 Å². The third kappa shape index (κ3) is 4.88. The van der Waals surface area contributed by atoms with Gasteiger partial charge >= 0.3 is 0 Å². The molecule has 2 N–H and O–H groups in total. The molecule has 0 aromatic carbocycles. The van der Waals surface area contributed by atoms with Gasteiger partial charge in [-0.25, -0.2) is 13.1 Å². The van der Waals surface area contributed by atoms with Crippen molar-refractivity contribution in [3.8, 4) is 0 Å². The van der Waals surface area contributed by atoms with E-state index >= 15 is 0 Å². The molecule has 10 nitrogen and oxygen atoms in total. The van der Waals surface area contributed by atoms with Crippen LogP contribution in [0.5, 0.6) is 0 Å². The van der Waals surface area contributed by atoms with Gasteiger partial charge in [-0.2, -0.15) is 19.8 Å². The predicted octanol–water partition coefficient (Wildman–Crippen LogP) is 2.55. The Balaban J connectivity index is 1.50. The van der Waals surface area contributed by atoms with E-state index in [9.17, 15) is 26.4 Å². The summed E-state index contributed by atoms with van der Waals surface area (Å²) in [5.41, 5.74) is 1.22. The Morgan fingerprint density at radius 2 is 1.97 bits per heavy atom. The summed E-state index contributed by atoms with van der Waals surface area (Å²) in [6.07, 6.45) is 5.18. The number of rotatable bonds is 6. The summed E-state index contributed by atoms with van der Waals surface area (Å²) in [5, 5.41) is 8.59. The molecule has 3 aliphatic rings. The lowest BCUT2D eigenvalue weighted by Crippen LogP contribution is -2.59. The number of nitrogens with one attached hydrogen (secondary N) is 2. The molecule has 14 heteroatoms. The first kappa shape index (κ1) is 25.5. The van der Waals surface area contributed by atoms with Crippen molar-refractivity contribution in [1.29, 1.82) is 0 Å². The summed E-state index contributed by atoms with van der Waals surface area (Å²) in [7, 11) is -7.81. The number of nitrogens with zero attached hydrogens (tertiary/aromatic N) is 2. The normalized spacial score (nSPS) is 26.0. The second kappa shape index (κ2) is 9.63. The third-order valence-corrected chi connectivity index (χ3v) is 10.7. The number of fused-ring (bicyclic) bond motifs is 2. The Kier molecular flexibility index (Phi) is 6.83. The number of amidine groups is 1. The minimum atomic E-state index is -4.27. The van der Waals surface area contributed by atoms with Gasteiger partial charge in [-0.1, -0.05) is 19.3 Å². The van der Waals surface area contributed by atoms with Crippen molar-refractivity contribution in [2.75, 3.05) is 11.6 Å². The van der Waals surface area contributed by atoms with Gasteiger partial charge in [0.05, 0.1) is 6.26 Å². The van der Waals surface area contributed by atoms with Gasteiger partial charge in [-0.05, 0) is 40.6 Å². The number of ketones is 1. The Morgan fingerprint density at radius 1 is 1.19 bits per heavy atom. The van der Waals surface area contributed by atoms with E-state index < -0.39 is 31.9 Å². The monoisotopic (exact) mass is 570 g/mol. The summed E-state index contributed by atoms with van der Waals surface area (Å²) in [4.78, 5) is 29.1. The van der Waals surface area contributed by atoms with Gasteiger partial charge in [0, 0.05) is 30.6 Å². The van der Waals surface area contributed by atoms with Crippen LogP contribution >= 0.6 is 22.7 Å². The fraction of sp³-hybridized carbons (Fsp3) is 0.500. The van der Waals surface area contributed by atoms with E-state index in [2.05, 4.69) is 14.4 Å². The van der Waals surface area contributed by atoms with Crippen LogP contribution in [0, 0.1) is 11.8 Å². The highest BCUT2D eigenvalue weighted by Gasteiger charge is 2.51. The molecule has 1 aliphatic carbocycles. The van der Waals surface area contributed by atoms with Crippen LogP contribution in [0.3, 0.4) is 0 Å². The fourth-order valence-electron chi connectivity index (χ4n) is 5.21. The van der Waals surface area contributed by atoms with Crippen LogP contribution in [-0.4, -0.2) is 51.6 Å². The van der Waals surface area contributed by atoms with Crippen LogP contribution < -0.4 is 10.0 Å². The quantitative estimate of drug-likeness (QED) is 0.508. The summed E-state index contributed by atoms with van der Waals surface area (Å²) in [6.45, 7) is 0.148. The first-order valence-corrected chi connectivity index (χ1v) is 16.7. The van der Waals surface area contributed by atoms with Gasteiger partial charge in [0.2, 0.25) is 15.9 Å². The largest absolute Gasteiger partial charge is 0.334 e. The van der Waals surface area contributed by atoms with E-state index in [-0.39, 0.29) is 45.6 Å². The molecular formula is C22H26N4O6S4. The van der Waals surface area contributed by atoms with Gasteiger partial charge in [0.15, 0.2) is 11.7 Å². The average Bonchev–Trinajstić information content (AvgIpc) is 3.39. The average molecular weight is 571 g/mol. The van der Waals surface area contributed by atoms with Crippen LogP contribution in [0.1, 0.15) is 43.2 Å². The van der Waals surface area contributed by atoms with Crippen molar-refractivity contribution in [3.63, 3.8) is 0 Å². The third-order valence-electron chi connectivity index (χ3n) is 6.83. The lowest BCUT2D eigenvalue weighted by molar-refractivity contribution is -0.151. The Morgan fingerprint density at radius 3 is 2.69 bits per heavy atom. The highest BCUT2D eigenvalue weighted by atomic mass is 32.2. The molecule has 2 aliphatic heterocycles. The zero-order valence-corrected chi connectivity index (χ0v) is 22.7. The zero-order chi connectivity index (χ0) is 25.7. The Hall–Kier alpha value is -2.13. The van der Waals surface area contributed by atoms with Gasteiger partial charge in [0.1, 0.15) is 15.7 Å². The van der Waals surface area contributed by atoms with Crippen molar-refractivity contribution in [1.82, 2.24) is 9.62 Å². The lowest BCUT2D eigenvalue weighted by atomic mass is 9.78. The molecule has 2 fully saturated rings. The van der Waals surface area contributed by atoms with Crippen LogP contribution in [0.2, 0.25) is 0 Å². The molecule has 1 amide bonds. The number of carbonyl (C=O) groups excluding carboxylic acids is 2. The van der Waals surface area contributed by atoms with E-state index in [4.69, 9.17) is 0 Å². The molecule has 4 heterocycles. The number of hydrogen-bond acceptors (Lipinski definition) is 9. The second-order valence-corrected chi connectivity index (χ2v) is 14.4. The molecule has 1 saturated carbocycles. The molecule has 3 atom stereocenters. The summed E-state index contributed by atoms with van der Waals surface area (Å²) < 4.78 is 55.5. The number of sulfonamides is 2. The second-order valence-electron chi connectivity index (χ2n) is 9.33. The number of anilines is 1. The van der Waals surface area contributed by atoms with Crippen LogP contribution in [0.25, 0.3) is 0 Å². The van der Waals surface area contributed by atoms with Gasteiger partial charge in [-0.15, -0.1) is 15.7 Å². The molecule has 0 bridgehead atoms. The van der Waals surface area contributed by atoms with E-state index in [0.29, 0.717) is 13.0 Å². The SMILES string of the molecule is CS(=O)(=O)NCc1csc2c1S(=O)(=O)N=C(C1C(=O)C3CCCCCC3N(Cc3ccsc3)C1=O)N2. The van der Waals surface area contributed by atoms with E-state index in [1.165, 1.54) is 16.7 Å². The number of Topliss-reactive ketones (excluding diaryl/α,β-unsaturated/α-hetero) is 1. The standard InChI is InChI=1S/C22H26N4O6S4/c1-35(29,30)23-9-14-12-34-21-19(14)36(31,32)25-20(24-21)17-18(27)15-5-3-2-4-6-16(15)26(22(17)28)10-13-7-8-33-11-13/h7-8,11-12,15-17,23H,2-6,9-10H2,1H3,(H,24,25). The Bertz CT molecular complexity index is 1430. The predicted molar refractivity (Wildman–Crippen MR) is 138 cm³/mol. The van der Waals surface area contributed by atoms with E-state index in [1.807, 2.05) is 16.8 Å². The molecule has 0 radical (unpaired) electrons. The highest BCUT2D eigenvalue weighted by Crippen LogP contribution is 2.41. The van der Waals surface area contributed by atoms with Crippen molar-refractivity contribution < 1.29 is 26.4 Å². The fourth-order valence-corrected chi connectivity index (χ4v) is 8.93. The molecule has 2 aromatic heterocycles. The van der Waals surface area contributed by atoms with E-state index in [1.54, 1.807) is 4.90 Å². The lowest BCUT2D eigenvalue weighted by Gasteiger charge is -2.43. The van der Waals surface area contributed by atoms with Crippen molar-refractivity contribution in [3.05, 3.63) is 33.3 Å². The Labute approximate surface area is 217 Å². The van der Waals surface area contributed by atoms with Gasteiger partial charge in [-0.3, -0.25) is 9.59 Å². The number of piperidine rings is 1.